The maximum atomic E-state index is 12.2. The van der Waals surface area contributed by atoms with Gasteiger partial charge in [-0.15, -0.1) is 23.1 Å². The molecule has 0 aliphatic carbocycles. The molecule has 0 bridgehead atoms. The van der Waals surface area contributed by atoms with Crippen molar-refractivity contribution in [3.05, 3.63) is 59.5 Å². The fraction of sp³-hybridized carbons (Fsp3) is 0.182. The van der Waals surface area contributed by atoms with Crippen LogP contribution in [0.15, 0.2) is 58.8 Å². The van der Waals surface area contributed by atoms with Crippen LogP contribution in [0.5, 0.6) is 0 Å². The minimum atomic E-state index is -1.01. The Morgan fingerprint density at radius 3 is 2.35 bits per heavy atom. The zero-order chi connectivity index (χ0) is 22.2. The standard InChI is InChI=1S/C22H21N3O4S2/c1-14-2-4-15(5-3-14)18-12-31-22(24-18)25-20(27)13-30-17-8-6-16(7-9-17)23-19(26)10-11-21(28)29/h2-9,12H,10-11,13H2,1H3,(H,23,26)(H,28,29)(H,24,25,27). The molecule has 0 fully saturated rings. The minimum Gasteiger partial charge on any atom is -0.481 e. The Labute approximate surface area is 187 Å². The number of hydrogen-bond donors (Lipinski definition) is 3. The van der Waals surface area contributed by atoms with Gasteiger partial charge in [0, 0.05) is 27.9 Å². The van der Waals surface area contributed by atoms with E-state index in [1.54, 1.807) is 24.3 Å². The zero-order valence-corrected chi connectivity index (χ0v) is 18.4. The monoisotopic (exact) mass is 455 g/mol. The lowest BCUT2D eigenvalue weighted by Crippen LogP contribution is -2.14. The number of thioether (sulfide) groups is 1. The third-order valence-electron chi connectivity index (χ3n) is 4.17. The Morgan fingerprint density at radius 2 is 1.68 bits per heavy atom. The molecule has 0 saturated heterocycles. The molecule has 7 nitrogen and oxygen atoms in total. The first-order valence-electron chi connectivity index (χ1n) is 9.46. The number of nitrogens with zero attached hydrogens (tertiary/aromatic N) is 1. The highest BCUT2D eigenvalue weighted by Crippen LogP contribution is 2.26. The van der Waals surface area contributed by atoms with E-state index in [1.807, 2.05) is 36.6 Å². The van der Waals surface area contributed by atoms with Gasteiger partial charge in [-0.3, -0.25) is 14.4 Å². The molecule has 0 aliphatic rings. The number of nitrogens with one attached hydrogen (secondary N) is 2. The summed E-state index contributed by atoms with van der Waals surface area (Å²) in [6.45, 7) is 2.03. The van der Waals surface area contributed by atoms with Crippen LogP contribution in [0, 0.1) is 6.92 Å². The second-order valence-corrected chi connectivity index (χ2v) is 8.61. The number of aliphatic carboxylic acids is 1. The molecule has 2 aromatic carbocycles. The van der Waals surface area contributed by atoms with Crippen LogP contribution in [-0.2, 0) is 14.4 Å². The van der Waals surface area contributed by atoms with Crippen molar-refractivity contribution in [2.75, 3.05) is 16.4 Å². The first-order valence-corrected chi connectivity index (χ1v) is 11.3. The molecule has 0 aliphatic heterocycles. The third-order valence-corrected chi connectivity index (χ3v) is 5.94. The molecule has 0 radical (unpaired) electrons. The van der Waals surface area contributed by atoms with Crippen LogP contribution < -0.4 is 10.6 Å². The predicted molar refractivity (Wildman–Crippen MR) is 124 cm³/mol. The van der Waals surface area contributed by atoms with Gasteiger partial charge in [0.2, 0.25) is 11.8 Å². The number of amides is 2. The first kappa shape index (κ1) is 22.5. The lowest BCUT2D eigenvalue weighted by Gasteiger charge is -2.06. The summed E-state index contributed by atoms with van der Waals surface area (Å²) in [5.74, 6) is -1.29. The number of aryl methyl sites for hydroxylation is 1. The molecule has 160 valence electrons. The maximum Gasteiger partial charge on any atom is 0.303 e. The number of carbonyl (C=O) groups is 3. The van der Waals surface area contributed by atoms with Gasteiger partial charge in [-0.25, -0.2) is 4.98 Å². The topological polar surface area (TPSA) is 108 Å². The van der Waals surface area contributed by atoms with E-state index >= 15 is 0 Å². The van der Waals surface area contributed by atoms with Gasteiger partial charge >= 0.3 is 5.97 Å². The number of carbonyl (C=O) groups excluding carboxylic acids is 2. The van der Waals surface area contributed by atoms with E-state index in [0.717, 1.165) is 16.2 Å². The van der Waals surface area contributed by atoms with Crippen LogP contribution in [-0.4, -0.2) is 33.6 Å². The van der Waals surface area contributed by atoms with E-state index in [4.69, 9.17) is 5.11 Å². The Morgan fingerprint density at radius 1 is 0.968 bits per heavy atom. The lowest BCUT2D eigenvalue weighted by molar-refractivity contribution is -0.138. The molecule has 0 spiro atoms. The Hall–Kier alpha value is -3.17. The molecule has 31 heavy (non-hydrogen) atoms. The maximum absolute atomic E-state index is 12.2. The number of hydrogen-bond acceptors (Lipinski definition) is 6. The van der Waals surface area contributed by atoms with E-state index in [9.17, 15) is 14.4 Å². The number of aromatic nitrogens is 1. The first-order chi connectivity index (χ1) is 14.9. The third kappa shape index (κ3) is 7.23. The van der Waals surface area contributed by atoms with Crippen molar-refractivity contribution in [3.8, 4) is 11.3 Å². The summed E-state index contributed by atoms with van der Waals surface area (Å²) in [6, 6.07) is 15.1. The van der Waals surface area contributed by atoms with E-state index in [2.05, 4.69) is 15.6 Å². The van der Waals surface area contributed by atoms with Crippen LogP contribution in [0.2, 0.25) is 0 Å². The molecule has 3 N–H and O–H groups in total. The van der Waals surface area contributed by atoms with Crippen LogP contribution in [0.3, 0.4) is 0 Å². The van der Waals surface area contributed by atoms with Crippen molar-refractivity contribution in [1.82, 2.24) is 4.98 Å². The average molecular weight is 456 g/mol. The normalized spacial score (nSPS) is 10.5. The summed E-state index contributed by atoms with van der Waals surface area (Å²) in [7, 11) is 0. The zero-order valence-electron chi connectivity index (χ0n) is 16.8. The van der Waals surface area contributed by atoms with E-state index in [0.29, 0.717) is 10.8 Å². The Balaban J connectivity index is 1.46. The molecule has 1 heterocycles. The fourth-order valence-electron chi connectivity index (χ4n) is 2.57. The van der Waals surface area contributed by atoms with Crippen LogP contribution in [0.1, 0.15) is 18.4 Å². The summed E-state index contributed by atoms with van der Waals surface area (Å²) in [5.41, 5.74) is 3.59. The smallest absolute Gasteiger partial charge is 0.303 e. The summed E-state index contributed by atoms with van der Waals surface area (Å²) >= 11 is 2.75. The number of thiazole rings is 1. The quantitative estimate of drug-likeness (QED) is 0.405. The van der Waals surface area contributed by atoms with Gasteiger partial charge in [0.25, 0.3) is 0 Å². The van der Waals surface area contributed by atoms with Crippen LogP contribution >= 0.6 is 23.1 Å². The molecular formula is C22H21N3O4S2. The molecule has 9 heteroatoms. The molecule has 2 amide bonds. The fourth-order valence-corrected chi connectivity index (χ4v) is 4.01. The van der Waals surface area contributed by atoms with Gasteiger partial charge in [0.15, 0.2) is 5.13 Å². The van der Waals surface area contributed by atoms with Gasteiger partial charge in [-0.05, 0) is 31.2 Å². The van der Waals surface area contributed by atoms with Crippen molar-refractivity contribution in [2.24, 2.45) is 0 Å². The Kier molecular flexibility index (Phi) is 7.80. The van der Waals surface area contributed by atoms with Gasteiger partial charge in [-0.2, -0.15) is 0 Å². The van der Waals surface area contributed by atoms with Gasteiger partial charge in [0.05, 0.1) is 17.9 Å². The molecule has 0 saturated carbocycles. The summed E-state index contributed by atoms with van der Waals surface area (Å²) in [4.78, 5) is 39.8. The highest BCUT2D eigenvalue weighted by atomic mass is 32.2. The van der Waals surface area contributed by atoms with Crippen molar-refractivity contribution in [2.45, 2.75) is 24.7 Å². The van der Waals surface area contributed by atoms with Crippen LogP contribution in [0.4, 0.5) is 10.8 Å². The number of carboxylic acids is 1. The Bertz CT molecular complexity index is 1060. The highest BCUT2D eigenvalue weighted by molar-refractivity contribution is 8.00. The number of benzene rings is 2. The van der Waals surface area contributed by atoms with E-state index in [1.165, 1.54) is 28.7 Å². The van der Waals surface area contributed by atoms with Gasteiger partial charge in [-0.1, -0.05) is 29.8 Å². The molecule has 0 atom stereocenters. The second-order valence-electron chi connectivity index (χ2n) is 6.71. The lowest BCUT2D eigenvalue weighted by atomic mass is 10.1. The summed E-state index contributed by atoms with van der Waals surface area (Å²) in [6.07, 6.45) is -0.283. The van der Waals surface area contributed by atoms with Crippen molar-refractivity contribution >= 4 is 51.7 Å². The number of rotatable bonds is 9. The van der Waals surface area contributed by atoms with Crippen molar-refractivity contribution in [3.63, 3.8) is 0 Å². The predicted octanol–water partition coefficient (Wildman–Crippen LogP) is 4.65. The summed E-state index contributed by atoms with van der Waals surface area (Å²) < 4.78 is 0. The molecule has 3 rings (SSSR count). The second kappa shape index (κ2) is 10.7. The van der Waals surface area contributed by atoms with Gasteiger partial charge in [0.1, 0.15) is 0 Å². The van der Waals surface area contributed by atoms with E-state index < -0.39 is 5.97 Å². The van der Waals surface area contributed by atoms with E-state index in [-0.39, 0.29) is 30.4 Å². The van der Waals surface area contributed by atoms with Crippen LogP contribution in [0.25, 0.3) is 11.3 Å². The minimum absolute atomic E-state index is 0.0750. The molecule has 1 aromatic heterocycles. The number of anilines is 2. The SMILES string of the molecule is Cc1ccc(-c2csc(NC(=O)CSc3ccc(NC(=O)CCC(=O)O)cc3)n2)cc1. The van der Waals surface area contributed by atoms with Gasteiger partial charge < -0.3 is 15.7 Å². The van der Waals surface area contributed by atoms with Crippen molar-refractivity contribution < 1.29 is 19.5 Å². The largest absolute Gasteiger partial charge is 0.481 e. The molecule has 3 aromatic rings. The average Bonchev–Trinajstić information content (AvgIpc) is 3.20. The molecule has 0 unspecified atom stereocenters. The summed E-state index contributed by atoms with van der Waals surface area (Å²) in [5, 5.41) is 16.5. The van der Waals surface area contributed by atoms with Crippen molar-refractivity contribution in [1.29, 1.82) is 0 Å². The highest BCUT2D eigenvalue weighted by Gasteiger charge is 2.10. The molecular weight excluding hydrogens is 434 g/mol. The number of carboxylic acid groups (broad SMARTS) is 1.